The van der Waals surface area contributed by atoms with Crippen LogP contribution in [0.5, 0.6) is 0 Å². The molecule has 0 aliphatic heterocycles. The Balaban J connectivity index is 4.45. The van der Waals surface area contributed by atoms with E-state index in [2.05, 4.69) is 102 Å². The highest BCUT2D eigenvalue weighted by Crippen LogP contribution is 2.02. The van der Waals surface area contributed by atoms with Gasteiger partial charge in [0.2, 0.25) is 0 Å². The molecule has 0 aromatic carbocycles. The van der Waals surface area contributed by atoms with Gasteiger partial charge in [0.1, 0.15) is 0 Å². The highest BCUT2D eigenvalue weighted by molar-refractivity contribution is 5.29. The molecule has 0 amide bonds. The van der Waals surface area contributed by atoms with E-state index in [0.29, 0.717) is 0 Å². The number of allylic oxidation sites excluding steroid dienone is 14. The minimum absolute atomic E-state index is 1.11. The molecular formula is C21H30. The van der Waals surface area contributed by atoms with E-state index < -0.39 is 0 Å². The fraction of sp³-hybridized carbons (Fsp3) is 0.333. The summed E-state index contributed by atoms with van der Waals surface area (Å²) < 4.78 is 0. The maximum atomic E-state index is 2.17. The first kappa shape index (κ1) is 19.2. The molecule has 0 nitrogen and oxygen atoms in total. The van der Waals surface area contributed by atoms with Crippen LogP contribution in [0.3, 0.4) is 0 Å². The van der Waals surface area contributed by atoms with Crippen LogP contribution < -0.4 is 0 Å². The van der Waals surface area contributed by atoms with Gasteiger partial charge in [0.15, 0.2) is 0 Å². The lowest BCUT2D eigenvalue weighted by atomic mass is 10.2. The van der Waals surface area contributed by atoms with Crippen LogP contribution in [0, 0.1) is 0 Å². The van der Waals surface area contributed by atoms with Crippen molar-refractivity contribution in [2.24, 2.45) is 0 Å². The number of hydrogen-bond acceptors (Lipinski definition) is 0. The Bertz CT molecular complexity index is 496. The highest BCUT2D eigenvalue weighted by atomic mass is 13.9. The molecule has 0 aromatic heterocycles. The molecule has 0 saturated heterocycles. The van der Waals surface area contributed by atoms with E-state index >= 15 is 0 Å². The first-order chi connectivity index (χ1) is 9.95. The summed E-state index contributed by atoms with van der Waals surface area (Å²) in [6.07, 6.45) is 22.2. The quantitative estimate of drug-likeness (QED) is 0.447. The summed E-state index contributed by atoms with van der Waals surface area (Å²) >= 11 is 0. The molecule has 0 bridgehead atoms. The second-order valence-corrected chi connectivity index (χ2v) is 5.54. The molecule has 0 atom stereocenters. The molecule has 0 heteroatoms. The standard InChI is InChI=1S/C21H30/c1-7-19(4)15-11-17-21(6)14-9-8-13-20(5)16-10-12-18(2)3/h8-17H,7H2,1-6H3/b9-8+,16-10+,17-11+,19-15+,20-13+,21-14+. The van der Waals surface area contributed by atoms with Gasteiger partial charge in [-0.1, -0.05) is 90.0 Å². The zero-order valence-electron chi connectivity index (χ0n) is 14.5. The fourth-order valence-electron chi connectivity index (χ4n) is 1.40. The van der Waals surface area contributed by atoms with Gasteiger partial charge >= 0.3 is 0 Å². The molecule has 0 radical (unpaired) electrons. The summed E-state index contributed by atoms with van der Waals surface area (Å²) in [6, 6.07) is 0. The van der Waals surface area contributed by atoms with E-state index in [9.17, 15) is 0 Å². The van der Waals surface area contributed by atoms with Crippen LogP contribution >= 0.6 is 0 Å². The van der Waals surface area contributed by atoms with Gasteiger partial charge in [-0.3, -0.25) is 0 Å². The normalized spacial score (nSPS) is 14.7. The van der Waals surface area contributed by atoms with Crippen LogP contribution in [0.15, 0.2) is 83.1 Å². The van der Waals surface area contributed by atoms with Crippen LogP contribution in [0.2, 0.25) is 0 Å². The average molecular weight is 282 g/mol. The van der Waals surface area contributed by atoms with Crippen LogP contribution in [0.1, 0.15) is 48.0 Å². The topological polar surface area (TPSA) is 0 Å². The monoisotopic (exact) mass is 282 g/mol. The van der Waals surface area contributed by atoms with Crippen molar-refractivity contribution >= 4 is 0 Å². The summed E-state index contributed by atoms with van der Waals surface area (Å²) in [7, 11) is 0. The smallest absolute Gasteiger partial charge is 0.0349 e. The van der Waals surface area contributed by atoms with Crippen molar-refractivity contribution in [3.63, 3.8) is 0 Å². The molecule has 0 N–H and O–H groups in total. The van der Waals surface area contributed by atoms with Gasteiger partial charge in [-0.05, 0) is 41.0 Å². The van der Waals surface area contributed by atoms with Gasteiger partial charge in [0, 0.05) is 0 Å². The first-order valence-electron chi connectivity index (χ1n) is 7.63. The molecule has 0 fully saturated rings. The maximum Gasteiger partial charge on any atom is -0.0349 e. The van der Waals surface area contributed by atoms with Gasteiger partial charge in [0.25, 0.3) is 0 Å². The van der Waals surface area contributed by atoms with Crippen LogP contribution in [-0.4, -0.2) is 0 Å². The van der Waals surface area contributed by atoms with Crippen molar-refractivity contribution in [1.29, 1.82) is 0 Å². The molecule has 0 unspecified atom stereocenters. The summed E-state index contributed by atoms with van der Waals surface area (Å²) in [4.78, 5) is 0. The largest absolute Gasteiger partial charge is 0.0764 e. The summed E-state index contributed by atoms with van der Waals surface area (Å²) in [5.41, 5.74) is 5.20. The minimum atomic E-state index is 1.11. The van der Waals surface area contributed by atoms with E-state index in [1.54, 1.807) is 0 Å². The molecular weight excluding hydrogens is 252 g/mol. The number of hydrogen-bond donors (Lipinski definition) is 0. The molecule has 0 saturated carbocycles. The molecule has 0 heterocycles. The third-order valence-corrected chi connectivity index (χ3v) is 2.92. The third kappa shape index (κ3) is 12.9. The Morgan fingerprint density at radius 1 is 0.619 bits per heavy atom. The van der Waals surface area contributed by atoms with Crippen molar-refractivity contribution in [1.82, 2.24) is 0 Å². The van der Waals surface area contributed by atoms with Crippen LogP contribution in [0.4, 0.5) is 0 Å². The second-order valence-electron chi connectivity index (χ2n) is 5.54. The molecule has 0 spiro atoms. The molecule has 0 rings (SSSR count). The van der Waals surface area contributed by atoms with Gasteiger partial charge in [-0.2, -0.15) is 0 Å². The first-order valence-corrected chi connectivity index (χ1v) is 7.63. The summed E-state index contributed by atoms with van der Waals surface area (Å²) in [5.74, 6) is 0. The van der Waals surface area contributed by atoms with Gasteiger partial charge in [-0.25, -0.2) is 0 Å². The lowest BCUT2D eigenvalue weighted by Crippen LogP contribution is -1.70. The third-order valence-electron chi connectivity index (χ3n) is 2.92. The molecule has 0 aliphatic carbocycles. The zero-order chi connectivity index (χ0) is 16.1. The zero-order valence-corrected chi connectivity index (χ0v) is 14.5. The van der Waals surface area contributed by atoms with Crippen molar-refractivity contribution < 1.29 is 0 Å². The Labute approximate surface area is 131 Å². The van der Waals surface area contributed by atoms with Gasteiger partial charge < -0.3 is 0 Å². The molecule has 114 valence electrons. The maximum absolute atomic E-state index is 2.17. The van der Waals surface area contributed by atoms with Crippen molar-refractivity contribution in [3.8, 4) is 0 Å². The van der Waals surface area contributed by atoms with Crippen LogP contribution in [-0.2, 0) is 0 Å². The Morgan fingerprint density at radius 3 is 1.52 bits per heavy atom. The fourth-order valence-corrected chi connectivity index (χ4v) is 1.40. The van der Waals surface area contributed by atoms with Crippen molar-refractivity contribution in [2.75, 3.05) is 0 Å². The van der Waals surface area contributed by atoms with E-state index in [-0.39, 0.29) is 0 Å². The van der Waals surface area contributed by atoms with Crippen LogP contribution in [0.25, 0.3) is 0 Å². The predicted molar refractivity (Wildman–Crippen MR) is 98.4 cm³/mol. The van der Waals surface area contributed by atoms with Crippen molar-refractivity contribution in [2.45, 2.75) is 48.0 Å². The Morgan fingerprint density at radius 2 is 1.10 bits per heavy atom. The number of rotatable bonds is 7. The predicted octanol–water partition coefficient (Wildman–Crippen LogP) is 6.87. The molecule has 21 heavy (non-hydrogen) atoms. The molecule has 0 aromatic rings. The van der Waals surface area contributed by atoms with E-state index in [0.717, 1.165) is 6.42 Å². The van der Waals surface area contributed by atoms with E-state index in [1.165, 1.54) is 22.3 Å². The minimum Gasteiger partial charge on any atom is -0.0764 e. The lowest BCUT2D eigenvalue weighted by Gasteiger charge is -1.91. The average Bonchev–Trinajstić information content (AvgIpc) is 2.43. The Hall–Kier alpha value is -1.82. The Kier molecular flexibility index (Phi) is 10.9. The molecule has 0 aliphatic rings. The summed E-state index contributed by atoms with van der Waals surface area (Å²) in [5, 5.41) is 0. The van der Waals surface area contributed by atoms with Gasteiger partial charge in [0.05, 0.1) is 0 Å². The van der Waals surface area contributed by atoms with Crippen molar-refractivity contribution in [3.05, 3.63) is 83.1 Å². The van der Waals surface area contributed by atoms with E-state index in [4.69, 9.17) is 0 Å². The SMILES string of the molecule is CC/C(C)=C/C=C/C(C)=C/C=C/C=C(C)/C=C/C=C(C)C. The van der Waals surface area contributed by atoms with E-state index in [1.807, 2.05) is 0 Å². The second kappa shape index (κ2) is 12.0. The lowest BCUT2D eigenvalue weighted by molar-refractivity contribution is 1.10. The highest BCUT2D eigenvalue weighted by Gasteiger charge is 1.81. The summed E-state index contributed by atoms with van der Waals surface area (Å²) in [6.45, 7) is 12.7. The van der Waals surface area contributed by atoms with Gasteiger partial charge in [-0.15, -0.1) is 0 Å².